The summed E-state index contributed by atoms with van der Waals surface area (Å²) in [5.41, 5.74) is 6.41. The van der Waals surface area contributed by atoms with E-state index in [4.69, 9.17) is 18.0 Å². The minimum atomic E-state index is -0.387. The van der Waals surface area contributed by atoms with E-state index in [1.54, 1.807) is 22.0 Å². The smallest absolute Gasteiger partial charge is 0.239 e. The SMILES string of the molecule is NC(=S)NCC1CN(c2ccc(N3CCNC(=O)C3)c(F)c2)N=N1. The molecule has 2 aliphatic rings. The van der Waals surface area contributed by atoms with E-state index in [1.807, 2.05) is 0 Å². The lowest BCUT2D eigenvalue weighted by atomic mass is 10.2. The number of nitrogens with one attached hydrogen (secondary N) is 2. The fourth-order valence-electron chi connectivity index (χ4n) is 2.65. The molecule has 3 rings (SSSR count). The molecule has 0 aliphatic carbocycles. The zero-order valence-corrected chi connectivity index (χ0v) is 13.7. The van der Waals surface area contributed by atoms with Crippen LogP contribution in [0.3, 0.4) is 0 Å². The first-order chi connectivity index (χ1) is 11.5. The van der Waals surface area contributed by atoms with Crippen molar-refractivity contribution < 1.29 is 9.18 Å². The van der Waals surface area contributed by atoms with Crippen LogP contribution in [0.15, 0.2) is 28.5 Å². The summed E-state index contributed by atoms with van der Waals surface area (Å²) < 4.78 is 14.4. The van der Waals surface area contributed by atoms with Crippen LogP contribution in [0, 0.1) is 5.82 Å². The number of piperazine rings is 1. The molecule has 24 heavy (non-hydrogen) atoms. The molecule has 1 unspecified atom stereocenters. The van der Waals surface area contributed by atoms with Gasteiger partial charge in [0.2, 0.25) is 5.91 Å². The third kappa shape index (κ3) is 3.70. The Kier molecular flexibility index (Phi) is 4.74. The largest absolute Gasteiger partial charge is 0.376 e. The third-order valence-corrected chi connectivity index (χ3v) is 3.97. The molecule has 0 radical (unpaired) electrons. The molecule has 1 amide bonds. The highest BCUT2D eigenvalue weighted by Gasteiger charge is 2.23. The van der Waals surface area contributed by atoms with Gasteiger partial charge in [0.05, 0.1) is 24.5 Å². The van der Waals surface area contributed by atoms with E-state index in [2.05, 4.69) is 21.0 Å². The van der Waals surface area contributed by atoms with Gasteiger partial charge in [-0.2, -0.15) is 5.11 Å². The van der Waals surface area contributed by atoms with Gasteiger partial charge in [0.1, 0.15) is 11.9 Å². The standard InChI is InChI=1S/C14H18FN7OS/c15-11-5-10(22-7-9(19-20-22)6-18-14(16)24)1-2-12(11)21-4-3-17-13(23)8-21/h1-2,5,9H,3-4,6-8H2,(H,17,23)(H3,16,18,24). The summed E-state index contributed by atoms with van der Waals surface area (Å²) in [4.78, 5) is 13.2. The van der Waals surface area contributed by atoms with Crippen molar-refractivity contribution in [3.05, 3.63) is 24.0 Å². The third-order valence-electron chi connectivity index (χ3n) is 3.83. The maximum absolute atomic E-state index is 14.4. The van der Waals surface area contributed by atoms with Crippen molar-refractivity contribution in [2.24, 2.45) is 16.1 Å². The van der Waals surface area contributed by atoms with Crippen LogP contribution in [-0.4, -0.2) is 49.8 Å². The van der Waals surface area contributed by atoms with Crippen LogP contribution in [0.2, 0.25) is 0 Å². The number of rotatable bonds is 4. The highest BCUT2D eigenvalue weighted by Crippen LogP contribution is 2.27. The highest BCUT2D eigenvalue weighted by atomic mass is 32.1. The molecule has 0 saturated carbocycles. The van der Waals surface area contributed by atoms with Gasteiger partial charge < -0.3 is 21.3 Å². The van der Waals surface area contributed by atoms with Gasteiger partial charge in [0.15, 0.2) is 5.11 Å². The summed E-state index contributed by atoms with van der Waals surface area (Å²) in [6.45, 7) is 2.25. The Morgan fingerprint density at radius 1 is 1.54 bits per heavy atom. The highest BCUT2D eigenvalue weighted by molar-refractivity contribution is 7.80. The molecule has 1 atom stereocenters. The van der Waals surface area contributed by atoms with Crippen LogP contribution in [0.4, 0.5) is 15.8 Å². The normalized spacial score (nSPS) is 20.2. The summed E-state index contributed by atoms with van der Waals surface area (Å²) in [6, 6.07) is 4.75. The molecule has 8 nitrogen and oxygen atoms in total. The molecule has 1 fully saturated rings. The van der Waals surface area contributed by atoms with Gasteiger partial charge in [-0.15, -0.1) is 0 Å². The first-order valence-electron chi connectivity index (χ1n) is 7.56. The lowest BCUT2D eigenvalue weighted by Gasteiger charge is -2.29. The Balaban J connectivity index is 1.66. The molecule has 0 bridgehead atoms. The number of carbonyl (C=O) groups excluding carboxylic acids is 1. The molecule has 128 valence electrons. The number of thiocarbonyl (C=S) groups is 1. The van der Waals surface area contributed by atoms with Crippen molar-refractivity contribution in [1.82, 2.24) is 10.6 Å². The van der Waals surface area contributed by atoms with Gasteiger partial charge >= 0.3 is 0 Å². The molecule has 0 aromatic heterocycles. The van der Waals surface area contributed by atoms with Crippen LogP contribution in [0.25, 0.3) is 0 Å². The maximum Gasteiger partial charge on any atom is 0.239 e. The molecule has 4 N–H and O–H groups in total. The second-order valence-electron chi connectivity index (χ2n) is 5.59. The van der Waals surface area contributed by atoms with E-state index >= 15 is 0 Å². The predicted octanol–water partition coefficient (Wildman–Crippen LogP) is 0.151. The molecule has 1 aromatic carbocycles. The van der Waals surface area contributed by atoms with Crippen LogP contribution in [0.5, 0.6) is 0 Å². The van der Waals surface area contributed by atoms with E-state index in [-0.39, 0.29) is 29.4 Å². The van der Waals surface area contributed by atoms with Crippen LogP contribution in [0.1, 0.15) is 0 Å². The zero-order chi connectivity index (χ0) is 17.1. The van der Waals surface area contributed by atoms with Crippen LogP contribution < -0.4 is 26.3 Å². The number of anilines is 2. The van der Waals surface area contributed by atoms with E-state index < -0.39 is 0 Å². The van der Waals surface area contributed by atoms with Crippen molar-refractivity contribution in [2.75, 3.05) is 42.6 Å². The molecular formula is C14H18FN7OS. The number of halogens is 1. The molecule has 1 aromatic rings. The molecule has 2 heterocycles. The second-order valence-corrected chi connectivity index (χ2v) is 6.03. The second kappa shape index (κ2) is 6.95. The van der Waals surface area contributed by atoms with E-state index in [0.29, 0.717) is 37.6 Å². The predicted molar refractivity (Wildman–Crippen MR) is 92.4 cm³/mol. The quantitative estimate of drug-likeness (QED) is 0.668. The van der Waals surface area contributed by atoms with Crippen LogP contribution >= 0.6 is 12.2 Å². The van der Waals surface area contributed by atoms with Gasteiger partial charge in [-0.3, -0.25) is 4.79 Å². The topological polar surface area (TPSA) is 98.3 Å². The minimum Gasteiger partial charge on any atom is -0.376 e. The van der Waals surface area contributed by atoms with E-state index in [9.17, 15) is 9.18 Å². The monoisotopic (exact) mass is 351 g/mol. The van der Waals surface area contributed by atoms with Crippen LogP contribution in [-0.2, 0) is 4.79 Å². The van der Waals surface area contributed by atoms with Crippen molar-refractivity contribution in [2.45, 2.75) is 6.04 Å². The van der Waals surface area contributed by atoms with Crippen molar-refractivity contribution in [3.8, 4) is 0 Å². The first kappa shape index (κ1) is 16.4. The lowest BCUT2D eigenvalue weighted by molar-refractivity contribution is -0.120. The number of hydrogen-bond donors (Lipinski definition) is 3. The Morgan fingerprint density at radius 2 is 2.38 bits per heavy atom. The van der Waals surface area contributed by atoms with E-state index in [1.165, 1.54) is 6.07 Å². The Bertz CT molecular complexity index is 683. The maximum atomic E-state index is 14.4. The lowest BCUT2D eigenvalue weighted by Crippen LogP contribution is -2.48. The van der Waals surface area contributed by atoms with Crippen molar-refractivity contribution in [3.63, 3.8) is 0 Å². The molecule has 2 aliphatic heterocycles. The molecule has 0 spiro atoms. The van der Waals surface area contributed by atoms with Crippen molar-refractivity contribution in [1.29, 1.82) is 0 Å². The number of hydrogen-bond acceptors (Lipinski definition) is 6. The number of carbonyl (C=O) groups is 1. The van der Waals surface area contributed by atoms with Gasteiger partial charge in [-0.25, -0.2) is 9.40 Å². The Labute approximate surface area is 143 Å². The molecule has 1 saturated heterocycles. The van der Waals surface area contributed by atoms with E-state index in [0.717, 1.165) is 0 Å². The van der Waals surface area contributed by atoms with Gasteiger partial charge in [-0.05, 0) is 24.4 Å². The molecular weight excluding hydrogens is 333 g/mol. The summed E-state index contributed by atoms with van der Waals surface area (Å²) >= 11 is 4.75. The summed E-state index contributed by atoms with van der Waals surface area (Å²) in [6.07, 6.45) is 0. The number of benzene rings is 1. The Morgan fingerprint density at radius 3 is 3.08 bits per heavy atom. The Hall–Kier alpha value is -2.49. The average molecular weight is 351 g/mol. The van der Waals surface area contributed by atoms with Crippen molar-refractivity contribution >= 4 is 34.6 Å². The minimum absolute atomic E-state index is 0.0972. The molecule has 10 heteroatoms. The summed E-state index contributed by atoms with van der Waals surface area (Å²) in [7, 11) is 0. The van der Waals surface area contributed by atoms with Gasteiger partial charge in [0, 0.05) is 25.7 Å². The van der Waals surface area contributed by atoms with Gasteiger partial charge in [-0.1, -0.05) is 5.22 Å². The zero-order valence-electron chi connectivity index (χ0n) is 12.9. The number of nitrogens with zero attached hydrogens (tertiary/aromatic N) is 4. The number of nitrogens with two attached hydrogens (primary N) is 1. The first-order valence-corrected chi connectivity index (χ1v) is 7.96. The summed E-state index contributed by atoms with van der Waals surface area (Å²) in [5, 5.41) is 15.6. The fraction of sp³-hybridized carbons (Fsp3) is 0.429. The van der Waals surface area contributed by atoms with Gasteiger partial charge in [0.25, 0.3) is 0 Å². The fourth-order valence-corrected chi connectivity index (χ4v) is 2.73. The average Bonchev–Trinajstić information content (AvgIpc) is 3.02. The summed E-state index contributed by atoms with van der Waals surface area (Å²) in [5.74, 6) is -0.492. The number of amides is 1.